The number of likely N-dealkylation sites (N-methyl/N-ethyl adjacent to an activating group) is 1. The van der Waals surface area contributed by atoms with Gasteiger partial charge >= 0.3 is 0 Å². The zero-order valence-corrected chi connectivity index (χ0v) is 12.8. The standard InChI is InChI=1S/C18H17FN2O2/c1-2-21(10-11-23-17-8-6-16(19)7-9-17)18(22)15-5-3-4-14(12-15)13-20/h3-9,12H,2,10-11H2,1H3. The van der Waals surface area contributed by atoms with Gasteiger partial charge in [0.25, 0.3) is 5.91 Å². The third-order valence-corrected chi connectivity index (χ3v) is 3.35. The Bertz CT molecular complexity index is 708. The second kappa shape index (κ2) is 7.95. The summed E-state index contributed by atoms with van der Waals surface area (Å²) in [6, 6.07) is 14.4. The van der Waals surface area contributed by atoms with Crippen molar-refractivity contribution in [1.29, 1.82) is 5.26 Å². The van der Waals surface area contributed by atoms with Crippen LogP contribution in [0.2, 0.25) is 0 Å². The van der Waals surface area contributed by atoms with Gasteiger partial charge in [-0.05, 0) is 49.4 Å². The first-order chi connectivity index (χ1) is 11.1. The van der Waals surface area contributed by atoms with E-state index < -0.39 is 0 Å². The van der Waals surface area contributed by atoms with Crippen LogP contribution in [0.25, 0.3) is 0 Å². The Labute approximate surface area is 134 Å². The van der Waals surface area contributed by atoms with E-state index in [1.165, 1.54) is 12.1 Å². The minimum atomic E-state index is -0.319. The lowest BCUT2D eigenvalue weighted by Gasteiger charge is -2.21. The minimum Gasteiger partial charge on any atom is -0.492 e. The molecule has 2 aromatic rings. The van der Waals surface area contributed by atoms with Crippen molar-refractivity contribution in [2.24, 2.45) is 0 Å². The molecule has 2 rings (SSSR count). The van der Waals surface area contributed by atoms with Gasteiger partial charge in [-0.15, -0.1) is 0 Å². The largest absolute Gasteiger partial charge is 0.492 e. The lowest BCUT2D eigenvalue weighted by Crippen LogP contribution is -2.34. The third kappa shape index (κ3) is 4.55. The van der Waals surface area contributed by atoms with E-state index >= 15 is 0 Å². The first-order valence-electron chi connectivity index (χ1n) is 7.32. The lowest BCUT2D eigenvalue weighted by atomic mass is 10.1. The van der Waals surface area contributed by atoms with Crippen LogP contribution in [-0.2, 0) is 0 Å². The fourth-order valence-electron chi connectivity index (χ4n) is 2.11. The van der Waals surface area contributed by atoms with Crippen LogP contribution in [0.5, 0.6) is 5.75 Å². The Hall–Kier alpha value is -2.87. The minimum absolute atomic E-state index is 0.146. The van der Waals surface area contributed by atoms with E-state index in [0.717, 1.165) is 0 Å². The van der Waals surface area contributed by atoms with Crippen molar-refractivity contribution in [2.75, 3.05) is 19.7 Å². The van der Waals surface area contributed by atoms with Gasteiger partial charge in [-0.25, -0.2) is 4.39 Å². The third-order valence-electron chi connectivity index (χ3n) is 3.35. The SMILES string of the molecule is CCN(CCOc1ccc(F)cc1)C(=O)c1cccc(C#N)c1. The quantitative estimate of drug-likeness (QED) is 0.823. The van der Waals surface area contributed by atoms with Crippen molar-refractivity contribution >= 4 is 5.91 Å². The molecule has 0 atom stereocenters. The second-order valence-electron chi connectivity index (χ2n) is 4.88. The maximum absolute atomic E-state index is 12.8. The van der Waals surface area contributed by atoms with Crippen LogP contribution >= 0.6 is 0 Å². The van der Waals surface area contributed by atoms with E-state index in [4.69, 9.17) is 10.00 Å². The molecule has 0 radical (unpaired) electrons. The van der Waals surface area contributed by atoms with E-state index in [2.05, 4.69) is 0 Å². The molecule has 0 saturated heterocycles. The number of halogens is 1. The van der Waals surface area contributed by atoms with Gasteiger partial charge in [-0.3, -0.25) is 4.79 Å². The summed E-state index contributed by atoms with van der Waals surface area (Å²) in [4.78, 5) is 14.1. The molecule has 0 N–H and O–H groups in total. The van der Waals surface area contributed by atoms with E-state index in [1.54, 1.807) is 41.3 Å². The number of hydrogen-bond acceptors (Lipinski definition) is 3. The first kappa shape index (κ1) is 16.5. The Kier molecular flexibility index (Phi) is 5.70. The molecule has 5 heteroatoms. The van der Waals surface area contributed by atoms with Gasteiger partial charge in [0.1, 0.15) is 18.2 Å². The van der Waals surface area contributed by atoms with Crippen LogP contribution in [0, 0.1) is 17.1 Å². The Morgan fingerprint density at radius 1 is 1.26 bits per heavy atom. The van der Waals surface area contributed by atoms with Crippen molar-refractivity contribution in [2.45, 2.75) is 6.92 Å². The van der Waals surface area contributed by atoms with Crippen LogP contribution in [-0.4, -0.2) is 30.5 Å². The summed E-state index contributed by atoms with van der Waals surface area (Å²) >= 11 is 0. The zero-order chi connectivity index (χ0) is 16.7. The van der Waals surface area contributed by atoms with Crippen LogP contribution in [0.15, 0.2) is 48.5 Å². The summed E-state index contributed by atoms with van der Waals surface area (Å²) < 4.78 is 18.3. The summed E-state index contributed by atoms with van der Waals surface area (Å²) in [5.41, 5.74) is 0.933. The molecule has 0 aliphatic rings. The smallest absolute Gasteiger partial charge is 0.254 e. The van der Waals surface area contributed by atoms with Crippen LogP contribution in [0.3, 0.4) is 0 Å². The van der Waals surface area contributed by atoms with E-state index in [1.807, 2.05) is 13.0 Å². The molecule has 0 unspecified atom stereocenters. The van der Waals surface area contributed by atoms with E-state index in [9.17, 15) is 9.18 Å². The molecule has 1 amide bonds. The molecule has 0 saturated carbocycles. The highest BCUT2D eigenvalue weighted by atomic mass is 19.1. The summed E-state index contributed by atoms with van der Waals surface area (Å²) in [7, 11) is 0. The average Bonchev–Trinajstić information content (AvgIpc) is 2.60. The Morgan fingerprint density at radius 3 is 2.65 bits per heavy atom. The number of nitriles is 1. The predicted octanol–water partition coefficient (Wildman–Crippen LogP) is 3.24. The van der Waals surface area contributed by atoms with Gasteiger partial charge in [0.05, 0.1) is 18.2 Å². The molecule has 4 nitrogen and oxygen atoms in total. The average molecular weight is 312 g/mol. The van der Waals surface area contributed by atoms with E-state index in [-0.39, 0.29) is 11.7 Å². The molecule has 0 fully saturated rings. The van der Waals surface area contributed by atoms with Gasteiger partial charge in [-0.1, -0.05) is 6.07 Å². The lowest BCUT2D eigenvalue weighted by molar-refractivity contribution is 0.0740. The molecule has 0 spiro atoms. The Morgan fingerprint density at radius 2 is 2.00 bits per heavy atom. The van der Waals surface area contributed by atoms with E-state index in [0.29, 0.717) is 36.6 Å². The molecule has 2 aromatic carbocycles. The van der Waals surface area contributed by atoms with Gasteiger partial charge in [-0.2, -0.15) is 5.26 Å². The number of carbonyl (C=O) groups is 1. The molecular formula is C18H17FN2O2. The van der Waals surface area contributed by atoms with Crippen LogP contribution < -0.4 is 4.74 Å². The fraction of sp³-hybridized carbons (Fsp3) is 0.222. The van der Waals surface area contributed by atoms with Gasteiger partial charge in [0.15, 0.2) is 0 Å². The number of nitrogens with zero attached hydrogens (tertiary/aromatic N) is 2. The van der Waals surface area contributed by atoms with Crippen LogP contribution in [0.1, 0.15) is 22.8 Å². The van der Waals surface area contributed by atoms with Gasteiger partial charge in [0.2, 0.25) is 0 Å². The summed E-state index contributed by atoms with van der Waals surface area (Å²) in [6.07, 6.45) is 0. The number of rotatable bonds is 6. The molecule has 0 heterocycles. The summed E-state index contributed by atoms with van der Waals surface area (Å²) in [5.74, 6) is 0.0915. The van der Waals surface area contributed by atoms with Gasteiger partial charge in [0, 0.05) is 12.1 Å². The first-order valence-corrected chi connectivity index (χ1v) is 7.32. The highest BCUT2D eigenvalue weighted by molar-refractivity contribution is 5.94. The van der Waals surface area contributed by atoms with Crippen molar-refractivity contribution < 1.29 is 13.9 Å². The maximum Gasteiger partial charge on any atom is 0.254 e. The normalized spacial score (nSPS) is 9.96. The number of hydrogen-bond donors (Lipinski definition) is 0. The molecular weight excluding hydrogens is 295 g/mol. The number of amides is 1. The number of benzene rings is 2. The fourth-order valence-corrected chi connectivity index (χ4v) is 2.11. The second-order valence-corrected chi connectivity index (χ2v) is 4.88. The number of carbonyl (C=O) groups excluding carboxylic acids is 1. The predicted molar refractivity (Wildman–Crippen MR) is 84.6 cm³/mol. The van der Waals surface area contributed by atoms with Gasteiger partial charge < -0.3 is 9.64 Å². The molecule has 0 aromatic heterocycles. The van der Waals surface area contributed by atoms with Crippen molar-refractivity contribution in [3.05, 3.63) is 65.5 Å². The molecule has 23 heavy (non-hydrogen) atoms. The highest BCUT2D eigenvalue weighted by Crippen LogP contribution is 2.12. The molecule has 118 valence electrons. The maximum atomic E-state index is 12.8. The molecule has 0 bridgehead atoms. The topological polar surface area (TPSA) is 53.3 Å². The highest BCUT2D eigenvalue weighted by Gasteiger charge is 2.14. The summed E-state index contributed by atoms with van der Waals surface area (Å²) in [5, 5.41) is 8.91. The van der Waals surface area contributed by atoms with Crippen molar-refractivity contribution in [3.63, 3.8) is 0 Å². The zero-order valence-electron chi connectivity index (χ0n) is 12.8. The van der Waals surface area contributed by atoms with Crippen molar-refractivity contribution in [1.82, 2.24) is 4.90 Å². The van der Waals surface area contributed by atoms with Crippen molar-refractivity contribution in [3.8, 4) is 11.8 Å². The summed E-state index contributed by atoms with van der Waals surface area (Å²) in [6.45, 7) is 3.12. The number of ether oxygens (including phenoxy) is 1. The Balaban J connectivity index is 1.95. The molecule has 0 aliphatic heterocycles. The monoisotopic (exact) mass is 312 g/mol. The van der Waals surface area contributed by atoms with Crippen LogP contribution in [0.4, 0.5) is 4.39 Å². The molecule has 0 aliphatic carbocycles.